The summed E-state index contributed by atoms with van der Waals surface area (Å²) >= 11 is 0. The number of hydrogen-bond acceptors (Lipinski definition) is 4. The quantitative estimate of drug-likeness (QED) is 0.728. The van der Waals surface area contributed by atoms with E-state index in [1.54, 1.807) is 0 Å². The van der Waals surface area contributed by atoms with Crippen molar-refractivity contribution in [1.82, 2.24) is 19.6 Å². The Hall–Kier alpha value is -0.160. The highest BCUT2D eigenvalue weighted by Gasteiger charge is 2.45. The number of hydrogen-bond donors (Lipinski definition) is 0. The van der Waals surface area contributed by atoms with Crippen molar-refractivity contribution in [3.8, 4) is 0 Å². The van der Waals surface area contributed by atoms with Crippen molar-refractivity contribution in [1.29, 1.82) is 0 Å². The second-order valence-electron chi connectivity index (χ2n) is 9.58. The molecule has 0 amide bonds. The van der Waals surface area contributed by atoms with Crippen LogP contribution in [0.1, 0.15) is 54.9 Å². The molecule has 0 aromatic carbocycles. The topological polar surface area (TPSA) is 13.0 Å². The van der Waals surface area contributed by atoms with Crippen LogP contribution in [0.2, 0.25) is 0 Å². The van der Waals surface area contributed by atoms with E-state index in [0.29, 0.717) is 5.54 Å². The Labute approximate surface area is 151 Å². The molecule has 4 saturated heterocycles. The fourth-order valence-electron chi connectivity index (χ4n) is 5.22. The summed E-state index contributed by atoms with van der Waals surface area (Å²) in [7, 11) is 4.51. The van der Waals surface area contributed by atoms with Crippen LogP contribution >= 0.6 is 0 Å². The molecule has 0 N–H and O–H groups in total. The molecular weight excluding hydrogens is 296 g/mol. The van der Waals surface area contributed by atoms with E-state index in [2.05, 4.69) is 68.3 Å². The van der Waals surface area contributed by atoms with E-state index in [0.717, 1.165) is 30.2 Å². The molecule has 0 spiro atoms. The van der Waals surface area contributed by atoms with E-state index in [9.17, 15) is 0 Å². The molecule has 4 rings (SSSR count). The highest BCUT2D eigenvalue weighted by atomic mass is 15.4. The molecule has 24 heavy (non-hydrogen) atoms. The van der Waals surface area contributed by atoms with Gasteiger partial charge in [-0.1, -0.05) is 7.43 Å². The van der Waals surface area contributed by atoms with Gasteiger partial charge in [-0.05, 0) is 61.6 Å². The highest BCUT2D eigenvalue weighted by Crippen LogP contribution is 2.34. The third kappa shape index (κ3) is 3.82. The molecule has 0 aliphatic carbocycles. The van der Waals surface area contributed by atoms with Gasteiger partial charge in [-0.25, -0.2) is 0 Å². The molecule has 0 unspecified atom stereocenters. The van der Waals surface area contributed by atoms with E-state index in [1.165, 1.54) is 39.0 Å². The monoisotopic (exact) mass is 338 g/mol. The second kappa shape index (κ2) is 7.22. The predicted octanol–water partition coefficient (Wildman–Crippen LogP) is 2.59. The molecule has 4 atom stereocenters. The first-order chi connectivity index (χ1) is 10.7. The minimum absolute atomic E-state index is 0. The van der Waals surface area contributed by atoms with Crippen molar-refractivity contribution in [2.24, 2.45) is 0 Å². The van der Waals surface area contributed by atoms with Crippen LogP contribution < -0.4 is 0 Å². The summed E-state index contributed by atoms with van der Waals surface area (Å²) in [5.41, 5.74) is 0.376. The zero-order valence-corrected chi connectivity index (χ0v) is 16.4. The average molecular weight is 339 g/mol. The van der Waals surface area contributed by atoms with Crippen molar-refractivity contribution in [2.45, 2.75) is 90.6 Å². The lowest BCUT2D eigenvalue weighted by Gasteiger charge is -2.41. The molecule has 0 aromatic rings. The normalized spacial score (nSPS) is 37.0. The third-order valence-electron chi connectivity index (χ3n) is 6.60. The van der Waals surface area contributed by atoms with Crippen LogP contribution in [0.5, 0.6) is 0 Å². The van der Waals surface area contributed by atoms with E-state index < -0.39 is 0 Å². The Balaban J connectivity index is 0.000000167. The molecule has 4 bridgehead atoms. The predicted molar refractivity (Wildman–Crippen MR) is 105 cm³/mol. The Morgan fingerprint density at radius 1 is 0.750 bits per heavy atom. The molecule has 4 fully saturated rings. The van der Waals surface area contributed by atoms with Crippen LogP contribution in [0.25, 0.3) is 0 Å². The maximum atomic E-state index is 2.66. The molecule has 4 heterocycles. The van der Waals surface area contributed by atoms with Crippen molar-refractivity contribution < 1.29 is 0 Å². The molecule has 4 nitrogen and oxygen atoms in total. The number of likely N-dealkylation sites (N-methyl/N-ethyl adjacent to an activating group) is 2. The van der Waals surface area contributed by atoms with Crippen LogP contribution in [-0.4, -0.2) is 95.6 Å². The summed E-state index contributed by atoms with van der Waals surface area (Å²) in [5.74, 6) is 0. The van der Waals surface area contributed by atoms with Gasteiger partial charge < -0.3 is 9.80 Å². The summed E-state index contributed by atoms with van der Waals surface area (Å²) in [6.07, 6.45) is 2.81. The standard InChI is InChI=1S/C10H20N2.C9H18N2.CH4/c1-10(2,3)12-7-8-5-9(12)6-11(8)4;1-7(2)11-6-8-4-9(11)5-10(8)3;/h8-9H,5-7H2,1-4H3;7-9H,4-6H2,1-3H3;1H4/t2*8-,9-;/m11./s1. The van der Waals surface area contributed by atoms with Gasteiger partial charge in [0.05, 0.1) is 0 Å². The molecule has 0 saturated carbocycles. The molecular formula is C20H42N4. The number of nitrogens with zero attached hydrogens (tertiary/aromatic N) is 4. The smallest absolute Gasteiger partial charge is 0.0244 e. The molecule has 142 valence electrons. The van der Waals surface area contributed by atoms with Gasteiger partial charge in [-0.15, -0.1) is 0 Å². The third-order valence-corrected chi connectivity index (χ3v) is 6.60. The Kier molecular flexibility index (Phi) is 6.06. The number of piperazine rings is 2. The van der Waals surface area contributed by atoms with Crippen molar-refractivity contribution in [2.75, 3.05) is 40.3 Å². The first-order valence-electron chi connectivity index (χ1n) is 9.59. The van der Waals surface area contributed by atoms with Gasteiger partial charge >= 0.3 is 0 Å². The lowest BCUT2D eigenvalue weighted by Crippen LogP contribution is -2.52. The van der Waals surface area contributed by atoms with Gasteiger partial charge in [0.25, 0.3) is 0 Å². The van der Waals surface area contributed by atoms with Crippen molar-refractivity contribution in [3.05, 3.63) is 0 Å². The van der Waals surface area contributed by atoms with Crippen LogP contribution in [0, 0.1) is 0 Å². The van der Waals surface area contributed by atoms with Gasteiger partial charge in [0.15, 0.2) is 0 Å². The van der Waals surface area contributed by atoms with E-state index in [-0.39, 0.29) is 7.43 Å². The zero-order chi connectivity index (χ0) is 16.9. The minimum atomic E-state index is 0. The first-order valence-corrected chi connectivity index (χ1v) is 9.59. The van der Waals surface area contributed by atoms with E-state index >= 15 is 0 Å². The summed E-state index contributed by atoms with van der Waals surface area (Å²) in [6, 6.07) is 4.15. The molecule has 0 radical (unpaired) electrons. The van der Waals surface area contributed by atoms with Crippen LogP contribution in [0.4, 0.5) is 0 Å². The molecule has 4 heteroatoms. The second-order valence-corrected chi connectivity index (χ2v) is 9.58. The van der Waals surface area contributed by atoms with E-state index in [4.69, 9.17) is 0 Å². The van der Waals surface area contributed by atoms with Crippen molar-refractivity contribution in [3.63, 3.8) is 0 Å². The lowest BCUT2D eigenvalue weighted by atomic mass is 10.0. The van der Waals surface area contributed by atoms with Crippen LogP contribution in [0.3, 0.4) is 0 Å². The maximum Gasteiger partial charge on any atom is 0.0244 e. The fraction of sp³-hybridized carbons (Fsp3) is 1.00. The minimum Gasteiger partial charge on any atom is -0.301 e. The first kappa shape index (κ1) is 20.2. The number of fused-ring (bicyclic) bond motifs is 4. The van der Waals surface area contributed by atoms with Gasteiger partial charge in [-0.2, -0.15) is 0 Å². The lowest BCUT2D eigenvalue weighted by molar-refractivity contribution is 0.0677. The SMILES string of the molecule is C.CC(C)N1C[C@H]2C[C@@H]1CN2C.CN1C[C@H]2C[C@@H]1CN2C(C)(C)C. The maximum absolute atomic E-state index is 2.66. The van der Waals surface area contributed by atoms with Gasteiger partial charge in [0, 0.05) is 61.9 Å². The number of likely N-dealkylation sites (tertiary alicyclic amines) is 4. The Bertz CT molecular complexity index is 412. The van der Waals surface area contributed by atoms with Gasteiger partial charge in [0.2, 0.25) is 0 Å². The molecule has 0 aromatic heterocycles. The highest BCUT2D eigenvalue weighted by molar-refractivity contribution is 5.02. The van der Waals surface area contributed by atoms with Crippen LogP contribution in [0.15, 0.2) is 0 Å². The summed E-state index contributed by atoms with van der Waals surface area (Å²) < 4.78 is 0. The number of rotatable bonds is 1. The summed E-state index contributed by atoms with van der Waals surface area (Å²) in [6.45, 7) is 16.8. The average Bonchev–Trinajstić information content (AvgIpc) is 3.15. The zero-order valence-electron chi connectivity index (χ0n) is 16.4. The Morgan fingerprint density at radius 3 is 1.54 bits per heavy atom. The van der Waals surface area contributed by atoms with E-state index in [1.807, 2.05) is 0 Å². The van der Waals surface area contributed by atoms with Crippen molar-refractivity contribution >= 4 is 0 Å². The Morgan fingerprint density at radius 2 is 1.25 bits per heavy atom. The molecule has 4 aliphatic rings. The fourth-order valence-corrected chi connectivity index (χ4v) is 5.22. The largest absolute Gasteiger partial charge is 0.301 e. The van der Waals surface area contributed by atoms with Crippen LogP contribution in [-0.2, 0) is 0 Å². The van der Waals surface area contributed by atoms with Gasteiger partial charge in [0.1, 0.15) is 0 Å². The summed E-state index contributed by atoms with van der Waals surface area (Å²) in [4.78, 5) is 10.3. The summed E-state index contributed by atoms with van der Waals surface area (Å²) in [5, 5.41) is 0. The molecule has 4 aliphatic heterocycles. The van der Waals surface area contributed by atoms with Gasteiger partial charge in [-0.3, -0.25) is 9.80 Å².